The van der Waals surface area contributed by atoms with Crippen LogP contribution >= 0.6 is 0 Å². The number of aliphatic hydroxyl groups is 1. The molecular formula is C18H17F6NO. The largest absolute Gasteiger partial charge is 0.416 e. The van der Waals surface area contributed by atoms with Crippen molar-refractivity contribution in [2.75, 3.05) is 11.4 Å². The third kappa shape index (κ3) is 5.14. The molecule has 0 aliphatic carbocycles. The van der Waals surface area contributed by atoms with Crippen molar-refractivity contribution in [3.05, 3.63) is 65.2 Å². The number of aliphatic hydroxyl groups excluding tert-OH is 1. The molecule has 2 nitrogen and oxygen atoms in total. The number of alkyl halides is 6. The van der Waals surface area contributed by atoms with Gasteiger partial charge in [0, 0.05) is 12.2 Å². The van der Waals surface area contributed by atoms with E-state index in [0.29, 0.717) is 16.8 Å². The van der Waals surface area contributed by atoms with Crippen LogP contribution in [0.2, 0.25) is 0 Å². The first kappa shape index (κ1) is 20.1. The van der Waals surface area contributed by atoms with Gasteiger partial charge in [-0.15, -0.1) is 0 Å². The second kappa shape index (κ2) is 7.57. The number of para-hydroxylation sites is 1. The van der Waals surface area contributed by atoms with E-state index in [1.54, 1.807) is 31.2 Å². The summed E-state index contributed by atoms with van der Waals surface area (Å²) in [5.74, 6) is 0. The molecule has 0 amide bonds. The van der Waals surface area contributed by atoms with Crippen molar-refractivity contribution in [3.8, 4) is 0 Å². The second-order valence-electron chi connectivity index (χ2n) is 5.92. The number of anilines is 1. The molecule has 26 heavy (non-hydrogen) atoms. The molecule has 8 heteroatoms. The van der Waals surface area contributed by atoms with Gasteiger partial charge in [-0.1, -0.05) is 30.3 Å². The minimum atomic E-state index is -4.79. The molecule has 142 valence electrons. The van der Waals surface area contributed by atoms with Crippen molar-refractivity contribution in [1.82, 2.24) is 0 Å². The Hall–Kier alpha value is -2.22. The Morgan fingerprint density at radius 2 is 1.50 bits per heavy atom. The Morgan fingerprint density at radius 1 is 0.923 bits per heavy atom. The standard InChI is InChI=1S/C18H17F6NO/c1-12-4-2-3-5-15(12)25(11-16(26)18(22,23)24)10-13-6-8-14(9-7-13)17(19,20)21/h2-9,16,26H,10-11H2,1H3. The van der Waals surface area contributed by atoms with Crippen molar-refractivity contribution in [2.24, 2.45) is 0 Å². The molecule has 1 atom stereocenters. The lowest BCUT2D eigenvalue weighted by Crippen LogP contribution is -2.41. The summed E-state index contributed by atoms with van der Waals surface area (Å²) >= 11 is 0. The van der Waals surface area contributed by atoms with E-state index in [4.69, 9.17) is 0 Å². The summed E-state index contributed by atoms with van der Waals surface area (Å²) in [5, 5.41) is 9.42. The average Bonchev–Trinajstić information content (AvgIpc) is 2.53. The molecule has 0 saturated carbocycles. The highest BCUT2D eigenvalue weighted by Gasteiger charge is 2.39. The van der Waals surface area contributed by atoms with Crippen molar-refractivity contribution in [1.29, 1.82) is 0 Å². The quantitative estimate of drug-likeness (QED) is 0.746. The van der Waals surface area contributed by atoms with Crippen LogP contribution in [-0.4, -0.2) is 23.9 Å². The maximum Gasteiger partial charge on any atom is 0.416 e. The van der Waals surface area contributed by atoms with Crippen LogP contribution in [0, 0.1) is 6.92 Å². The van der Waals surface area contributed by atoms with Gasteiger partial charge in [-0.05, 0) is 36.2 Å². The molecule has 0 saturated heterocycles. The highest BCUT2D eigenvalue weighted by molar-refractivity contribution is 5.53. The van der Waals surface area contributed by atoms with Gasteiger partial charge >= 0.3 is 12.4 Å². The first-order chi connectivity index (χ1) is 12.0. The molecule has 0 fully saturated rings. The number of aryl methyl sites for hydroxylation is 1. The predicted molar refractivity (Wildman–Crippen MR) is 85.7 cm³/mol. The maximum atomic E-state index is 12.7. The van der Waals surface area contributed by atoms with E-state index in [1.807, 2.05) is 0 Å². The zero-order chi connectivity index (χ0) is 19.5. The fourth-order valence-electron chi connectivity index (χ4n) is 2.50. The summed E-state index contributed by atoms with van der Waals surface area (Å²) in [7, 11) is 0. The van der Waals surface area contributed by atoms with Gasteiger partial charge in [0.2, 0.25) is 0 Å². The first-order valence-electron chi connectivity index (χ1n) is 7.70. The van der Waals surface area contributed by atoms with Gasteiger partial charge in [0.1, 0.15) is 0 Å². The van der Waals surface area contributed by atoms with E-state index in [2.05, 4.69) is 0 Å². The molecule has 0 aliphatic heterocycles. The van der Waals surface area contributed by atoms with Gasteiger partial charge in [-0.2, -0.15) is 26.3 Å². The molecule has 1 N–H and O–H groups in total. The SMILES string of the molecule is Cc1ccccc1N(Cc1ccc(C(F)(F)F)cc1)CC(O)C(F)(F)F. The minimum absolute atomic E-state index is 0.0733. The molecule has 0 radical (unpaired) electrons. The third-order valence-corrected chi connectivity index (χ3v) is 3.88. The Bertz CT molecular complexity index is 724. The van der Waals surface area contributed by atoms with Crippen LogP contribution in [0.15, 0.2) is 48.5 Å². The van der Waals surface area contributed by atoms with Crippen LogP contribution in [0.3, 0.4) is 0 Å². The van der Waals surface area contributed by atoms with Crippen LogP contribution in [-0.2, 0) is 12.7 Å². The fraction of sp³-hybridized carbons (Fsp3) is 0.333. The molecule has 0 heterocycles. The summed E-state index contributed by atoms with van der Waals surface area (Å²) in [6.07, 6.45) is -11.8. The van der Waals surface area contributed by atoms with E-state index in [9.17, 15) is 31.4 Å². The van der Waals surface area contributed by atoms with Crippen LogP contribution in [0.5, 0.6) is 0 Å². The van der Waals surface area contributed by atoms with Crippen molar-refractivity contribution >= 4 is 5.69 Å². The predicted octanol–water partition coefficient (Wildman–Crippen LogP) is 4.94. The van der Waals surface area contributed by atoms with Crippen LogP contribution in [0.1, 0.15) is 16.7 Å². The van der Waals surface area contributed by atoms with E-state index in [0.717, 1.165) is 12.1 Å². The van der Waals surface area contributed by atoms with Gasteiger partial charge < -0.3 is 10.0 Å². The van der Waals surface area contributed by atoms with Crippen molar-refractivity contribution < 1.29 is 31.4 Å². The molecule has 2 rings (SSSR count). The summed E-state index contributed by atoms with van der Waals surface area (Å²) in [5.41, 5.74) is 0.721. The van der Waals surface area contributed by atoms with Gasteiger partial charge in [-0.3, -0.25) is 0 Å². The summed E-state index contributed by atoms with van der Waals surface area (Å²) in [4.78, 5) is 1.30. The molecule has 1 unspecified atom stereocenters. The van der Waals surface area contributed by atoms with Crippen LogP contribution in [0.4, 0.5) is 32.0 Å². The normalized spacial score (nSPS) is 13.5. The number of benzene rings is 2. The monoisotopic (exact) mass is 377 g/mol. The Kier molecular flexibility index (Phi) is 5.85. The average molecular weight is 377 g/mol. The number of halogens is 6. The Labute approximate surface area is 146 Å². The maximum absolute atomic E-state index is 12.7. The number of rotatable bonds is 5. The van der Waals surface area contributed by atoms with E-state index in [1.165, 1.54) is 17.0 Å². The van der Waals surface area contributed by atoms with Crippen LogP contribution in [0.25, 0.3) is 0 Å². The summed E-state index contributed by atoms with van der Waals surface area (Å²) < 4.78 is 76.1. The molecular weight excluding hydrogens is 360 g/mol. The van der Waals surface area contributed by atoms with Crippen molar-refractivity contribution in [3.63, 3.8) is 0 Å². The zero-order valence-corrected chi connectivity index (χ0v) is 13.8. The van der Waals surface area contributed by atoms with Crippen molar-refractivity contribution in [2.45, 2.75) is 31.9 Å². The lowest BCUT2D eigenvalue weighted by atomic mass is 10.1. The fourth-order valence-corrected chi connectivity index (χ4v) is 2.50. The smallest absolute Gasteiger partial charge is 0.382 e. The van der Waals surface area contributed by atoms with E-state index >= 15 is 0 Å². The highest BCUT2D eigenvalue weighted by atomic mass is 19.4. The zero-order valence-electron chi connectivity index (χ0n) is 13.8. The number of nitrogens with zero attached hydrogens (tertiary/aromatic N) is 1. The van der Waals surface area contributed by atoms with E-state index in [-0.39, 0.29) is 6.54 Å². The molecule has 2 aromatic rings. The lowest BCUT2D eigenvalue weighted by molar-refractivity contribution is -0.200. The highest BCUT2D eigenvalue weighted by Crippen LogP contribution is 2.30. The minimum Gasteiger partial charge on any atom is -0.382 e. The number of hydrogen-bond acceptors (Lipinski definition) is 2. The molecule has 0 bridgehead atoms. The van der Waals surface area contributed by atoms with Gasteiger partial charge in [-0.25, -0.2) is 0 Å². The topological polar surface area (TPSA) is 23.5 Å². The first-order valence-corrected chi connectivity index (χ1v) is 7.70. The third-order valence-electron chi connectivity index (χ3n) is 3.88. The Balaban J connectivity index is 2.28. The summed E-state index contributed by atoms with van der Waals surface area (Å²) in [6.45, 7) is 0.903. The Morgan fingerprint density at radius 3 is 2.00 bits per heavy atom. The lowest BCUT2D eigenvalue weighted by Gasteiger charge is -2.29. The molecule has 0 spiro atoms. The molecule has 0 aliphatic rings. The van der Waals surface area contributed by atoms with Gasteiger partial charge in [0.25, 0.3) is 0 Å². The van der Waals surface area contributed by atoms with Gasteiger partial charge in [0.15, 0.2) is 6.10 Å². The number of hydrogen-bond donors (Lipinski definition) is 1. The van der Waals surface area contributed by atoms with Crippen LogP contribution < -0.4 is 4.90 Å². The molecule has 2 aromatic carbocycles. The molecule has 0 aromatic heterocycles. The van der Waals surface area contributed by atoms with E-state index < -0.39 is 30.6 Å². The summed E-state index contributed by atoms with van der Waals surface area (Å²) in [6, 6.07) is 10.9. The van der Waals surface area contributed by atoms with Gasteiger partial charge in [0.05, 0.1) is 12.1 Å². The second-order valence-corrected chi connectivity index (χ2v) is 5.92.